The summed E-state index contributed by atoms with van der Waals surface area (Å²) in [6.45, 7) is 1.15. The summed E-state index contributed by atoms with van der Waals surface area (Å²) in [7, 11) is 1.53. The molecule has 3 amide bonds. The van der Waals surface area contributed by atoms with Crippen LogP contribution >= 0.6 is 0 Å². The first-order valence-corrected chi connectivity index (χ1v) is 6.47. The van der Waals surface area contributed by atoms with Crippen molar-refractivity contribution < 1.29 is 9.59 Å². The maximum atomic E-state index is 12.4. The molecule has 0 unspecified atom stereocenters. The van der Waals surface area contributed by atoms with Gasteiger partial charge >= 0.3 is 6.03 Å². The molecule has 0 spiro atoms. The average Bonchev–Trinajstić information content (AvgIpc) is 3.07. The van der Waals surface area contributed by atoms with E-state index < -0.39 is 0 Å². The number of rotatable bonds is 2. The lowest BCUT2D eigenvalue weighted by atomic mass is 10.2. The molecule has 2 N–H and O–H groups in total. The van der Waals surface area contributed by atoms with E-state index in [0.29, 0.717) is 30.3 Å². The number of hydrogen-bond acceptors (Lipinski definition) is 4. The van der Waals surface area contributed by atoms with Crippen LogP contribution < -0.4 is 15.5 Å². The zero-order valence-corrected chi connectivity index (χ0v) is 11.4. The quantitative estimate of drug-likeness (QED) is 0.849. The fourth-order valence-electron chi connectivity index (χ4n) is 2.19. The molecule has 3 heterocycles. The first-order chi connectivity index (χ1) is 10.2. The molecule has 0 aromatic carbocycles. The number of carbonyl (C=O) groups is 2. The zero-order valence-electron chi connectivity index (χ0n) is 11.4. The number of amides is 3. The highest BCUT2D eigenvalue weighted by Gasteiger charge is 2.27. The molecule has 1 aliphatic rings. The highest BCUT2D eigenvalue weighted by molar-refractivity contribution is 6.06. The Morgan fingerprint density at radius 2 is 2.19 bits per heavy atom. The molecule has 0 bridgehead atoms. The number of aromatic nitrogens is 3. The van der Waals surface area contributed by atoms with Crippen molar-refractivity contribution in [2.75, 3.05) is 23.8 Å². The van der Waals surface area contributed by atoms with Crippen LogP contribution in [-0.4, -0.2) is 40.3 Å². The molecule has 3 rings (SSSR count). The van der Waals surface area contributed by atoms with E-state index in [-0.39, 0.29) is 11.9 Å². The predicted octanol–water partition coefficient (Wildman–Crippen LogP) is 0.690. The van der Waals surface area contributed by atoms with Crippen LogP contribution in [0.25, 0.3) is 0 Å². The lowest BCUT2D eigenvalue weighted by molar-refractivity contribution is 0.0989. The summed E-state index contributed by atoms with van der Waals surface area (Å²) in [5.74, 6) is 0.941. The Bertz CT molecular complexity index is 681. The van der Waals surface area contributed by atoms with Crippen LogP contribution in [0.4, 0.5) is 16.4 Å². The summed E-state index contributed by atoms with van der Waals surface area (Å²) in [5, 5.41) is 9.28. The molecular formula is C13H14N6O2. The van der Waals surface area contributed by atoms with Gasteiger partial charge in [0.1, 0.15) is 5.82 Å². The van der Waals surface area contributed by atoms with Gasteiger partial charge in [0.05, 0.1) is 12.1 Å². The molecule has 0 aliphatic carbocycles. The summed E-state index contributed by atoms with van der Waals surface area (Å²) in [6.07, 6.45) is 3.15. The first kappa shape index (κ1) is 13.1. The summed E-state index contributed by atoms with van der Waals surface area (Å²) in [5.41, 5.74) is 0.521. The van der Waals surface area contributed by atoms with E-state index in [0.717, 1.165) is 0 Å². The van der Waals surface area contributed by atoms with Crippen LogP contribution in [0.1, 0.15) is 10.4 Å². The van der Waals surface area contributed by atoms with Gasteiger partial charge in [-0.15, -0.1) is 0 Å². The molecule has 8 nitrogen and oxygen atoms in total. The molecule has 0 saturated carbocycles. The number of carbonyl (C=O) groups excluding carboxylic acids is 2. The van der Waals surface area contributed by atoms with E-state index in [4.69, 9.17) is 0 Å². The molecule has 0 saturated heterocycles. The van der Waals surface area contributed by atoms with Crippen LogP contribution in [-0.2, 0) is 6.54 Å². The summed E-state index contributed by atoms with van der Waals surface area (Å²) >= 11 is 0. The van der Waals surface area contributed by atoms with E-state index in [1.807, 2.05) is 0 Å². The second-order valence-corrected chi connectivity index (χ2v) is 4.51. The normalized spacial score (nSPS) is 12.9. The number of nitrogens with one attached hydrogen (secondary N) is 2. The van der Waals surface area contributed by atoms with Crippen molar-refractivity contribution >= 4 is 23.6 Å². The SMILES string of the molecule is CNC(=O)Nc1cc2n(n1)CCN2C(=O)c1cccnc1. The summed E-state index contributed by atoms with van der Waals surface area (Å²) in [6, 6.07) is 4.77. The highest BCUT2D eigenvalue weighted by atomic mass is 16.2. The van der Waals surface area contributed by atoms with Crippen molar-refractivity contribution in [3.8, 4) is 0 Å². The van der Waals surface area contributed by atoms with Crippen molar-refractivity contribution in [2.45, 2.75) is 6.54 Å². The lowest BCUT2D eigenvalue weighted by Crippen LogP contribution is -2.29. The minimum absolute atomic E-state index is 0.131. The number of nitrogens with zero attached hydrogens (tertiary/aromatic N) is 4. The van der Waals surface area contributed by atoms with Crippen molar-refractivity contribution in [3.63, 3.8) is 0 Å². The average molecular weight is 286 g/mol. The van der Waals surface area contributed by atoms with Crippen molar-refractivity contribution in [1.82, 2.24) is 20.1 Å². The van der Waals surface area contributed by atoms with E-state index in [1.165, 1.54) is 13.2 Å². The van der Waals surface area contributed by atoms with Crippen molar-refractivity contribution in [1.29, 1.82) is 0 Å². The number of urea groups is 1. The van der Waals surface area contributed by atoms with Gasteiger partial charge in [-0.2, -0.15) is 5.10 Å². The molecule has 2 aromatic heterocycles. The van der Waals surface area contributed by atoms with Gasteiger partial charge in [-0.05, 0) is 12.1 Å². The maximum absolute atomic E-state index is 12.4. The number of anilines is 2. The van der Waals surface area contributed by atoms with E-state index in [9.17, 15) is 9.59 Å². The molecule has 0 atom stereocenters. The molecule has 1 aliphatic heterocycles. The van der Waals surface area contributed by atoms with Crippen LogP contribution in [0.2, 0.25) is 0 Å². The summed E-state index contributed by atoms with van der Waals surface area (Å²) in [4.78, 5) is 29.3. The standard InChI is InChI=1S/C13H14N6O2/c1-14-13(21)16-10-7-11-18(5-6-19(11)17-10)12(20)9-3-2-4-15-8-9/h2-4,7-8H,5-6H2,1H3,(H2,14,16,17,21). The van der Waals surface area contributed by atoms with Crippen molar-refractivity contribution in [3.05, 3.63) is 36.2 Å². The van der Waals surface area contributed by atoms with Gasteiger partial charge < -0.3 is 5.32 Å². The second kappa shape index (κ2) is 5.23. The van der Waals surface area contributed by atoms with Gasteiger partial charge in [0.2, 0.25) is 0 Å². The monoisotopic (exact) mass is 286 g/mol. The van der Waals surface area contributed by atoms with Gasteiger partial charge in [-0.1, -0.05) is 0 Å². The molecule has 108 valence electrons. The van der Waals surface area contributed by atoms with Gasteiger partial charge in [0.15, 0.2) is 5.82 Å². The number of hydrogen-bond donors (Lipinski definition) is 2. The predicted molar refractivity (Wildman–Crippen MR) is 76.2 cm³/mol. The Morgan fingerprint density at radius 1 is 1.33 bits per heavy atom. The van der Waals surface area contributed by atoms with Gasteiger partial charge in [-0.3, -0.25) is 20.0 Å². The molecule has 8 heteroatoms. The first-order valence-electron chi connectivity index (χ1n) is 6.47. The lowest BCUT2D eigenvalue weighted by Gasteiger charge is -2.14. The van der Waals surface area contributed by atoms with Gasteiger partial charge in [0.25, 0.3) is 5.91 Å². The van der Waals surface area contributed by atoms with Crippen molar-refractivity contribution in [2.24, 2.45) is 0 Å². The minimum atomic E-state index is -0.350. The Labute approximate surface area is 120 Å². The van der Waals surface area contributed by atoms with Crippen LogP contribution in [0, 0.1) is 0 Å². The fourth-order valence-corrected chi connectivity index (χ4v) is 2.19. The van der Waals surface area contributed by atoms with E-state index in [1.54, 1.807) is 34.0 Å². The maximum Gasteiger partial charge on any atom is 0.320 e. The Hall–Kier alpha value is -2.90. The Kier molecular flexibility index (Phi) is 3.27. The highest BCUT2D eigenvalue weighted by Crippen LogP contribution is 2.26. The van der Waals surface area contributed by atoms with Crippen LogP contribution in [0.3, 0.4) is 0 Å². The summed E-state index contributed by atoms with van der Waals surface area (Å²) < 4.78 is 1.69. The van der Waals surface area contributed by atoms with Gasteiger partial charge in [-0.25, -0.2) is 9.48 Å². The minimum Gasteiger partial charge on any atom is -0.341 e. The van der Waals surface area contributed by atoms with Crippen LogP contribution in [0.5, 0.6) is 0 Å². The second-order valence-electron chi connectivity index (χ2n) is 4.51. The third-order valence-corrected chi connectivity index (χ3v) is 3.19. The zero-order chi connectivity index (χ0) is 14.8. The van der Waals surface area contributed by atoms with E-state index in [2.05, 4.69) is 20.7 Å². The Morgan fingerprint density at radius 3 is 2.90 bits per heavy atom. The number of fused-ring (bicyclic) bond motifs is 1. The third kappa shape index (κ3) is 2.42. The largest absolute Gasteiger partial charge is 0.341 e. The van der Waals surface area contributed by atoms with Crippen LogP contribution in [0.15, 0.2) is 30.6 Å². The fraction of sp³-hybridized carbons (Fsp3) is 0.231. The molecule has 0 radical (unpaired) electrons. The third-order valence-electron chi connectivity index (χ3n) is 3.19. The Balaban J connectivity index is 1.83. The molecular weight excluding hydrogens is 272 g/mol. The molecule has 21 heavy (non-hydrogen) atoms. The molecule has 2 aromatic rings. The smallest absolute Gasteiger partial charge is 0.320 e. The van der Waals surface area contributed by atoms with Gasteiger partial charge in [0, 0.05) is 32.1 Å². The topological polar surface area (TPSA) is 92.2 Å². The molecule has 0 fully saturated rings. The number of pyridine rings is 1. The van der Waals surface area contributed by atoms with E-state index >= 15 is 0 Å².